The molecule has 1 fully saturated rings. The number of piperidine rings is 1. The molecule has 4 rings (SSSR count). The maximum atomic E-state index is 11.3. The Morgan fingerprint density at radius 2 is 1.84 bits per heavy atom. The van der Waals surface area contributed by atoms with E-state index in [0.29, 0.717) is 49.9 Å². The van der Waals surface area contributed by atoms with Crippen LogP contribution in [0.1, 0.15) is 35.4 Å². The fourth-order valence-electron chi connectivity index (χ4n) is 4.89. The molecule has 0 saturated carbocycles. The minimum atomic E-state index is -1.35. The van der Waals surface area contributed by atoms with Crippen molar-refractivity contribution in [3.63, 3.8) is 0 Å². The van der Waals surface area contributed by atoms with Gasteiger partial charge in [0.1, 0.15) is 23.8 Å². The van der Waals surface area contributed by atoms with Gasteiger partial charge >= 0.3 is 0 Å². The monoisotopic (exact) mass is 509 g/mol. The highest BCUT2D eigenvalue weighted by molar-refractivity contribution is 5.43. The molecule has 2 atom stereocenters. The lowest BCUT2D eigenvalue weighted by Crippen LogP contribution is -2.59. The number of rotatable bonds is 11. The molecule has 8 nitrogen and oxygen atoms in total. The van der Waals surface area contributed by atoms with E-state index >= 15 is 0 Å². The average molecular weight is 510 g/mol. The van der Waals surface area contributed by atoms with Crippen LogP contribution in [-0.4, -0.2) is 69.8 Å². The summed E-state index contributed by atoms with van der Waals surface area (Å²) in [6, 6.07) is 11.9. The van der Waals surface area contributed by atoms with Gasteiger partial charge in [0.25, 0.3) is 0 Å². The number of aromatic nitrogens is 2. The fourth-order valence-corrected chi connectivity index (χ4v) is 4.89. The van der Waals surface area contributed by atoms with Crippen molar-refractivity contribution < 1.29 is 24.4 Å². The summed E-state index contributed by atoms with van der Waals surface area (Å²) < 4.78 is 19.6. The molecule has 1 aliphatic rings. The highest BCUT2D eigenvalue weighted by Crippen LogP contribution is 2.30. The first-order valence-corrected chi connectivity index (χ1v) is 12.9. The van der Waals surface area contributed by atoms with Crippen LogP contribution >= 0.6 is 0 Å². The minimum Gasteiger partial charge on any atom is -0.493 e. The van der Waals surface area contributed by atoms with Gasteiger partial charge in [-0.3, -0.25) is 4.90 Å². The maximum Gasteiger partial charge on any atom is 0.161 e. The molecule has 0 spiro atoms. The molecule has 2 heterocycles. The second-order valence-electron chi connectivity index (χ2n) is 10.1. The summed E-state index contributed by atoms with van der Waals surface area (Å²) in [5.41, 5.74) is 1.90. The van der Waals surface area contributed by atoms with Crippen molar-refractivity contribution in [2.45, 2.75) is 58.4 Å². The van der Waals surface area contributed by atoms with E-state index in [1.807, 2.05) is 57.3 Å². The summed E-state index contributed by atoms with van der Waals surface area (Å²) in [5, 5.41) is 21.9. The first-order valence-electron chi connectivity index (χ1n) is 12.9. The highest BCUT2D eigenvalue weighted by atomic mass is 16.5. The van der Waals surface area contributed by atoms with Crippen molar-refractivity contribution in [3.8, 4) is 17.2 Å². The van der Waals surface area contributed by atoms with Gasteiger partial charge in [-0.2, -0.15) is 0 Å². The average Bonchev–Trinajstić information content (AvgIpc) is 3.27. The molecule has 200 valence electrons. The maximum absolute atomic E-state index is 11.3. The Balaban J connectivity index is 1.33. The molecule has 2 N–H and O–H groups in total. The van der Waals surface area contributed by atoms with Crippen molar-refractivity contribution in [2.24, 2.45) is 0 Å². The molecule has 2 aromatic carbocycles. The third kappa shape index (κ3) is 7.03. The van der Waals surface area contributed by atoms with Crippen molar-refractivity contribution in [1.29, 1.82) is 0 Å². The Kier molecular flexibility index (Phi) is 8.74. The van der Waals surface area contributed by atoms with Crippen LogP contribution in [0.2, 0.25) is 0 Å². The predicted molar refractivity (Wildman–Crippen MR) is 142 cm³/mol. The highest BCUT2D eigenvalue weighted by Gasteiger charge is 2.42. The molecule has 1 aromatic heterocycles. The number of aliphatic hydroxyl groups is 2. The Morgan fingerprint density at radius 1 is 1.05 bits per heavy atom. The zero-order valence-corrected chi connectivity index (χ0v) is 22.3. The van der Waals surface area contributed by atoms with Crippen LogP contribution in [0, 0.1) is 20.8 Å². The molecule has 1 saturated heterocycles. The number of hydrogen-bond acceptors (Lipinski definition) is 7. The van der Waals surface area contributed by atoms with Gasteiger partial charge in [-0.1, -0.05) is 12.1 Å². The van der Waals surface area contributed by atoms with E-state index in [0.717, 1.165) is 35.5 Å². The van der Waals surface area contributed by atoms with E-state index in [2.05, 4.69) is 20.5 Å². The summed E-state index contributed by atoms with van der Waals surface area (Å²) in [6.45, 7) is 9.09. The van der Waals surface area contributed by atoms with Gasteiger partial charge in [-0.15, -0.1) is 0 Å². The molecule has 8 heteroatoms. The molecular weight excluding hydrogens is 470 g/mol. The number of β-amino-alcohol motifs (C(OH)–C–C–N with tert-alkyl or cyclic N) is 1. The quantitative estimate of drug-likeness (QED) is 0.381. The lowest BCUT2D eigenvalue weighted by atomic mass is 9.90. The van der Waals surface area contributed by atoms with Crippen LogP contribution in [0.3, 0.4) is 0 Å². The number of likely N-dealkylation sites (tertiary alicyclic amines) is 1. The SMILES string of the molecule is COc1cc(CN2CC[C@H](O)[C@@](O)(COc3cc(C)cc(C)c3)C2)ccc1OCCCn1ccnc1C. The van der Waals surface area contributed by atoms with Crippen LogP contribution in [-0.2, 0) is 13.1 Å². The van der Waals surface area contributed by atoms with E-state index < -0.39 is 11.7 Å². The van der Waals surface area contributed by atoms with E-state index in [-0.39, 0.29) is 6.61 Å². The van der Waals surface area contributed by atoms with Crippen molar-refractivity contribution >= 4 is 0 Å². The topological polar surface area (TPSA) is 89.2 Å². The van der Waals surface area contributed by atoms with Crippen LogP contribution in [0.25, 0.3) is 0 Å². The van der Waals surface area contributed by atoms with E-state index in [1.165, 1.54) is 0 Å². The third-order valence-electron chi connectivity index (χ3n) is 6.88. The summed E-state index contributed by atoms with van der Waals surface area (Å²) in [6.07, 6.45) is 4.27. The summed E-state index contributed by atoms with van der Waals surface area (Å²) in [7, 11) is 1.64. The molecule has 0 aliphatic carbocycles. The first kappa shape index (κ1) is 27.0. The molecule has 3 aromatic rings. The standard InChI is InChI=1S/C29H39N3O5/c1-21-14-22(2)16-25(15-21)37-20-29(34)19-31(11-8-28(29)33)18-24-6-7-26(27(17-24)35-4)36-13-5-10-32-12-9-30-23(32)3/h6-7,9,12,14-17,28,33-34H,5,8,10-11,13,18-20H2,1-4H3/t28-,29-/m0/s1. The van der Waals surface area contributed by atoms with Crippen LogP contribution in [0.5, 0.6) is 17.2 Å². The number of aliphatic hydroxyl groups excluding tert-OH is 1. The molecule has 37 heavy (non-hydrogen) atoms. The van der Waals surface area contributed by atoms with Crippen molar-refractivity contribution in [2.75, 3.05) is 33.4 Å². The van der Waals surface area contributed by atoms with Gasteiger partial charge in [0, 0.05) is 38.6 Å². The largest absolute Gasteiger partial charge is 0.493 e. The van der Waals surface area contributed by atoms with E-state index in [9.17, 15) is 10.2 Å². The van der Waals surface area contributed by atoms with Gasteiger partial charge in [-0.05, 0) is 74.6 Å². The van der Waals surface area contributed by atoms with Crippen LogP contribution in [0.4, 0.5) is 0 Å². The third-order valence-corrected chi connectivity index (χ3v) is 6.88. The van der Waals surface area contributed by atoms with E-state index in [1.54, 1.807) is 13.3 Å². The van der Waals surface area contributed by atoms with Crippen molar-refractivity contribution in [3.05, 3.63) is 71.3 Å². The molecular formula is C29H39N3O5. The van der Waals surface area contributed by atoms with Gasteiger partial charge < -0.3 is 29.0 Å². The number of nitrogens with zero attached hydrogens (tertiary/aromatic N) is 3. The fraction of sp³-hybridized carbons (Fsp3) is 0.483. The number of imidazole rings is 1. The predicted octanol–water partition coefficient (Wildman–Crippen LogP) is 3.66. The molecule has 1 aliphatic heterocycles. The first-order chi connectivity index (χ1) is 17.8. The van der Waals surface area contributed by atoms with Gasteiger partial charge in [0.05, 0.1) is 19.8 Å². The Hall–Kier alpha value is -3.07. The molecule has 0 unspecified atom stereocenters. The summed E-state index contributed by atoms with van der Waals surface area (Å²) in [4.78, 5) is 6.38. The lowest BCUT2D eigenvalue weighted by Gasteiger charge is -2.42. The van der Waals surface area contributed by atoms with Crippen molar-refractivity contribution in [1.82, 2.24) is 14.5 Å². The number of hydrogen-bond donors (Lipinski definition) is 2. The number of ether oxygens (including phenoxy) is 3. The molecule has 0 amide bonds. The Morgan fingerprint density at radius 3 is 2.54 bits per heavy atom. The van der Waals surface area contributed by atoms with Gasteiger partial charge in [-0.25, -0.2) is 4.98 Å². The summed E-state index contributed by atoms with van der Waals surface area (Å²) >= 11 is 0. The number of benzene rings is 2. The zero-order chi connectivity index (χ0) is 26.4. The smallest absolute Gasteiger partial charge is 0.161 e. The number of aryl methyl sites for hydroxylation is 4. The summed E-state index contributed by atoms with van der Waals surface area (Å²) in [5.74, 6) is 3.09. The Labute approximate surface area is 219 Å². The molecule has 0 radical (unpaired) electrons. The second kappa shape index (κ2) is 12.0. The number of methoxy groups -OCH3 is 1. The van der Waals surface area contributed by atoms with Crippen LogP contribution < -0.4 is 14.2 Å². The van der Waals surface area contributed by atoms with Gasteiger partial charge in [0.15, 0.2) is 11.5 Å². The lowest BCUT2D eigenvalue weighted by molar-refractivity contribution is -0.140. The second-order valence-corrected chi connectivity index (χ2v) is 10.1. The minimum absolute atomic E-state index is 0.0300. The van der Waals surface area contributed by atoms with Gasteiger partial charge in [0.2, 0.25) is 0 Å². The zero-order valence-electron chi connectivity index (χ0n) is 22.3. The molecule has 0 bridgehead atoms. The normalized spacial score (nSPS) is 20.1. The van der Waals surface area contributed by atoms with Crippen LogP contribution in [0.15, 0.2) is 48.8 Å². The Bertz CT molecular complexity index is 1160. The van der Waals surface area contributed by atoms with E-state index in [4.69, 9.17) is 14.2 Å².